The Morgan fingerprint density at radius 1 is 1.20 bits per heavy atom. The summed E-state index contributed by atoms with van der Waals surface area (Å²) in [5, 5.41) is 4.57. The second-order valence-corrected chi connectivity index (χ2v) is 9.14. The second kappa shape index (κ2) is 7.20. The molecule has 1 fully saturated rings. The van der Waals surface area contributed by atoms with Crippen molar-refractivity contribution >= 4 is 21.6 Å². The Labute approximate surface area is 153 Å². The van der Waals surface area contributed by atoms with Gasteiger partial charge in [0.1, 0.15) is 10.7 Å². The number of nitrogens with one attached hydrogen (secondary N) is 2. The van der Waals surface area contributed by atoms with Gasteiger partial charge in [0.15, 0.2) is 0 Å². The summed E-state index contributed by atoms with van der Waals surface area (Å²) in [7, 11) is 0. The van der Waals surface area contributed by atoms with Crippen LogP contribution < -0.4 is 10.9 Å². The van der Waals surface area contributed by atoms with E-state index in [1.165, 1.54) is 55.4 Å². The van der Waals surface area contributed by atoms with E-state index in [2.05, 4.69) is 24.1 Å². The van der Waals surface area contributed by atoms with Gasteiger partial charge in [0.05, 0.1) is 11.4 Å². The van der Waals surface area contributed by atoms with Crippen molar-refractivity contribution in [2.24, 2.45) is 5.92 Å². The average Bonchev–Trinajstić information content (AvgIpc) is 2.75. The molecule has 4 rings (SSSR count). The van der Waals surface area contributed by atoms with Crippen LogP contribution in [0, 0.1) is 5.92 Å². The number of hydrogen-bond donors (Lipinski definition) is 2. The summed E-state index contributed by atoms with van der Waals surface area (Å²) in [5.41, 5.74) is 1.32. The van der Waals surface area contributed by atoms with Gasteiger partial charge in [-0.3, -0.25) is 4.79 Å². The van der Waals surface area contributed by atoms with Crippen molar-refractivity contribution in [1.29, 1.82) is 0 Å². The lowest BCUT2D eigenvalue weighted by molar-refractivity contribution is 0.404. The maximum absolute atomic E-state index is 12.7. The van der Waals surface area contributed by atoms with Crippen molar-refractivity contribution in [2.75, 3.05) is 0 Å². The number of fused-ring (bicyclic) bond motifs is 3. The molecule has 2 aliphatic rings. The highest BCUT2D eigenvalue weighted by atomic mass is 32.1. The van der Waals surface area contributed by atoms with Gasteiger partial charge in [-0.1, -0.05) is 32.6 Å². The fourth-order valence-electron chi connectivity index (χ4n) is 4.45. The van der Waals surface area contributed by atoms with Crippen LogP contribution in [0.1, 0.15) is 81.1 Å². The third kappa shape index (κ3) is 3.54. The minimum Gasteiger partial charge on any atom is -0.309 e. The number of aromatic nitrogens is 2. The number of hydrogen-bond acceptors (Lipinski definition) is 4. The highest BCUT2D eigenvalue weighted by molar-refractivity contribution is 7.18. The Bertz CT molecular complexity index is 801. The molecule has 2 N–H and O–H groups in total. The van der Waals surface area contributed by atoms with Gasteiger partial charge in [-0.05, 0) is 50.5 Å². The standard InChI is InChI=1S/C20H29N3OS/c1-12-9-10-15-16(11-12)25-20-17(15)19(24)22-18(23-20)13(2)21-14-7-5-3-4-6-8-14/h12-14,21H,3-11H2,1-2H3,(H,22,23,24)/t12-,13-/m1/s1. The van der Waals surface area contributed by atoms with Gasteiger partial charge in [-0.25, -0.2) is 4.98 Å². The Kier molecular flexibility index (Phi) is 4.96. The van der Waals surface area contributed by atoms with Gasteiger partial charge in [0.2, 0.25) is 0 Å². The number of H-pyrrole nitrogens is 1. The van der Waals surface area contributed by atoms with Gasteiger partial charge < -0.3 is 10.3 Å². The van der Waals surface area contributed by atoms with E-state index in [9.17, 15) is 4.79 Å². The van der Waals surface area contributed by atoms with Crippen LogP contribution in [0.25, 0.3) is 10.2 Å². The summed E-state index contributed by atoms with van der Waals surface area (Å²) in [5.74, 6) is 1.52. The van der Waals surface area contributed by atoms with Crippen LogP contribution in [0.4, 0.5) is 0 Å². The van der Waals surface area contributed by atoms with E-state index >= 15 is 0 Å². The molecule has 0 amide bonds. The predicted molar refractivity (Wildman–Crippen MR) is 104 cm³/mol. The molecule has 5 heteroatoms. The highest BCUT2D eigenvalue weighted by Gasteiger charge is 2.24. The SMILES string of the molecule is C[C@@H]1CCc2c(sc3nc([C@@H](C)NC4CCCCCC4)[nH]c(=O)c23)C1. The first kappa shape index (κ1) is 17.2. The minimum atomic E-state index is 0.0570. The van der Waals surface area contributed by atoms with Crippen LogP contribution in [-0.2, 0) is 12.8 Å². The quantitative estimate of drug-likeness (QED) is 0.794. The van der Waals surface area contributed by atoms with Crippen molar-refractivity contribution in [1.82, 2.24) is 15.3 Å². The molecular weight excluding hydrogens is 330 g/mol. The first-order chi connectivity index (χ1) is 12.1. The van der Waals surface area contributed by atoms with E-state index in [-0.39, 0.29) is 11.6 Å². The third-order valence-electron chi connectivity index (χ3n) is 5.93. The summed E-state index contributed by atoms with van der Waals surface area (Å²) in [4.78, 5) is 23.0. The lowest BCUT2D eigenvalue weighted by atomic mass is 9.89. The third-order valence-corrected chi connectivity index (χ3v) is 7.08. The molecule has 0 bridgehead atoms. The summed E-state index contributed by atoms with van der Waals surface area (Å²) in [6.07, 6.45) is 11.1. The molecule has 0 radical (unpaired) electrons. The monoisotopic (exact) mass is 359 g/mol. The topological polar surface area (TPSA) is 57.8 Å². The van der Waals surface area contributed by atoms with Crippen molar-refractivity contribution in [3.05, 3.63) is 26.6 Å². The number of rotatable bonds is 3. The Balaban J connectivity index is 1.61. The maximum atomic E-state index is 12.7. The van der Waals surface area contributed by atoms with E-state index in [1.807, 2.05) is 0 Å². The second-order valence-electron chi connectivity index (χ2n) is 8.06. The molecule has 0 aromatic carbocycles. The normalized spacial score (nSPS) is 23.4. The van der Waals surface area contributed by atoms with Crippen LogP contribution in [0.3, 0.4) is 0 Å². The van der Waals surface area contributed by atoms with Gasteiger partial charge in [0, 0.05) is 10.9 Å². The largest absolute Gasteiger partial charge is 0.309 e. The molecule has 136 valence electrons. The molecule has 2 aromatic rings. The number of aromatic amines is 1. The molecule has 0 saturated heterocycles. The summed E-state index contributed by atoms with van der Waals surface area (Å²) < 4.78 is 0. The molecule has 2 aliphatic carbocycles. The van der Waals surface area contributed by atoms with E-state index < -0.39 is 0 Å². The summed E-state index contributed by atoms with van der Waals surface area (Å²) >= 11 is 1.74. The zero-order chi connectivity index (χ0) is 17.4. The molecule has 0 aliphatic heterocycles. The van der Waals surface area contributed by atoms with Gasteiger partial charge in [0.25, 0.3) is 5.56 Å². The number of nitrogens with zero attached hydrogens (tertiary/aromatic N) is 1. The van der Waals surface area contributed by atoms with E-state index in [4.69, 9.17) is 4.98 Å². The van der Waals surface area contributed by atoms with Crippen LogP contribution >= 0.6 is 11.3 Å². The lowest BCUT2D eigenvalue weighted by Gasteiger charge is -2.21. The highest BCUT2D eigenvalue weighted by Crippen LogP contribution is 2.35. The van der Waals surface area contributed by atoms with E-state index in [1.54, 1.807) is 11.3 Å². The molecule has 0 spiro atoms. The first-order valence-electron chi connectivity index (χ1n) is 9.92. The van der Waals surface area contributed by atoms with E-state index in [0.29, 0.717) is 6.04 Å². The fourth-order valence-corrected chi connectivity index (χ4v) is 5.84. The summed E-state index contributed by atoms with van der Waals surface area (Å²) in [6, 6.07) is 0.647. The Hall–Kier alpha value is -1.20. The van der Waals surface area contributed by atoms with Crippen LogP contribution in [0.15, 0.2) is 4.79 Å². The number of thiophene rings is 1. The van der Waals surface area contributed by atoms with Crippen molar-refractivity contribution in [2.45, 2.75) is 83.7 Å². The molecule has 25 heavy (non-hydrogen) atoms. The van der Waals surface area contributed by atoms with Gasteiger partial charge >= 0.3 is 0 Å². The van der Waals surface area contributed by atoms with Crippen molar-refractivity contribution in [3.63, 3.8) is 0 Å². The molecular formula is C20H29N3OS. The van der Waals surface area contributed by atoms with Crippen molar-refractivity contribution < 1.29 is 0 Å². The van der Waals surface area contributed by atoms with Crippen LogP contribution in [0.2, 0.25) is 0 Å². The molecule has 2 atom stereocenters. The summed E-state index contributed by atoms with van der Waals surface area (Å²) in [6.45, 7) is 4.43. The maximum Gasteiger partial charge on any atom is 0.259 e. The average molecular weight is 360 g/mol. The Morgan fingerprint density at radius 2 is 1.96 bits per heavy atom. The lowest BCUT2D eigenvalue weighted by Crippen LogP contribution is -2.33. The van der Waals surface area contributed by atoms with Crippen LogP contribution in [0.5, 0.6) is 0 Å². The first-order valence-corrected chi connectivity index (χ1v) is 10.7. The van der Waals surface area contributed by atoms with Gasteiger partial charge in [-0.15, -0.1) is 11.3 Å². The van der Waals surface area contributed by atoms with Crippen LogP contribution in [-0.4, -0.2) is 16.0 Å². The molecule has 4 nitrogen and oxygen atoms in total. The molecule has 1 saturated carbocycles. The molecule has 2 aromatic heterocycles. The zero-order valence-corrected chi connectivity index (χ0v) is 16.2. The smallest absolute Gasteiger partial charge is 0.259 e. The Morgan fingerprint density at radius 3 is 2.72 bits per heavy atom. The fraction of sp³-hybridized carbons (Fsp3) is 0.700. The van der Waals surface area contributed by atoms with E-state index in [0.717, 1.165) is 34.8 Å². The number of aryl methyl sites for hydroxylation is 1. The minimum absolute atomic E-state index is 0.0570. The van der Waals surface area contributed by atoms with Gasteiger partial charge in [-0.2, -0.15) is 0 Å². The van der Waals surface area contributed by atoms with Crippen molar-refractivity contribution in [3.8, 4) is 0 Å². The zero-order valence-electron chi connectivity index (χ0n) is 15.4. The molecule has 0 unspecified atom stereocenters. The predicted octanol–water partition coefficient (Wildman–Crippen LogP) is 4.48. The molecule has 2 heterocycles.